The zero-order valence-corrected chi connectivity index (χ0v) is 12.9. The maximum atomic E-state index is 11.2. The topological polar surface area (TPSA) is 60.4 Å². The first kappa shape index (κ1) is 15.2. The van der Waals surface area contributed by atoms with Crippen LogP contribution in [0, 0.1) is 0 Å². The molecule has 0 N–H and O–H groups in total. The first-order valence-corrected chi connectivity index (χ1v) is 7.14. The maximum Gasteiger partial charge on any atom is 0.414 e. The van der Waals surface area contributed by atoms with Crippen LogP contribution in [0.5, 0.6) is 11.5 Å². The van der Waals surface area contributed by atoms with Crippen molar-refractivity contribution in [3.8, 4) is 11.5 Å². The van der Waals surface area contributed by atoms with Crippen LogP contribution in [0.15, 0.2) is 53.6 Å². The molecule has 2 aromatic carbocycles. The molecule has 0 saturated heterocycles. The summed E-state index contributed by atoms with van der Waals surface area (Å²) in [6, 6.07) is 13.8. The van der Waals surface area contributed by atoms with Crippen LogP contribution in [0.4, 0.5) is 5.69 Å². The molecule has 0 saturated carbocycles. The van der Waals surface area contributed by atoms with Crippen molar-refractivity contribution in [2.24, 2.45) is 5.10 Å². The van der Waals surface area contributed by atoms with E-state index >= 15 is 0 Å². The summed E-state index contributed by atoms with van der Waals surface area (Å²) in [5, 5.41) is 6.21. The lowest BCUT2D eigenvalue weighted by molar-refractivity contribution is -0.113. The van der Waals surface area contributed by atoms with Crippen molar-refractivity contribution in [1.82, 2.24) is 0 Å². The van der Waals surface area contributed by atoms with Gasteiger partial charge in [-0.15, -0.1) is 0 Å². The summed E-state index contributed by atoms with van der Waals surface area (Å²) in [5.41, 5.74) is 0.678. The summed E-state index contributed by atoms with van der Waals surface area (Å²) in [4.78, 5) is 11.2. The van der Waals surface area contributed by atoms with Crippen molar-refractivity contribution in [2.45, 2.75) is 6.23 Å². The predicted molar refractivity (Wildman–Crippen MR) is 85.9 cm³/mol. The molecule has 118 valence electrons. The Morgan fingerprint density at radius 2 is 1.78 bits per heavy atom. The molecule has 1 aliphatic rings. The molecule has 1 unspecified atom stereocenters. The number of rotatable bonds is 4. The molecular weight excluding hydrogens is 320 g/mol. The predicted octanol–water partition coefficient (Wildman–Crippen LogP) is 3.06. The quantitative estimate of drug-likeness (QED) is 0.805. The van der Waals surface area contributed by atoms with E-state index in [4.69, 9.17) is 25.8 Å². The molecule has 23 heavy (non-hydrogen) atoms. The Hall–Kier alpha value is -2.73. The van der Waals surface area contributed by atoms with Gasteiger partial charge in [0.15, 0.2) is 6.29 Å². The molecule has 1 heterocycles. The molecule has 0 bridgehead atoms. The van der Waals surface area contributed by atoms with Crippen molar-refractivity contribution in [1.29, 1.82) is 0 Å². The Balaban J connectivity index is 1.79. The van der Waals surface area contributed by atoms with Gasteiger partial charge in [0.05, 0.1) is 12.8 Å². The summed E-state index contributed by atoms with van der Waals surface area (Å²) in [5.74, 6) is 1.22. The smallest absolute Gasteiger partial charge is 0.414 e. The molecule has 2 aromatic rings. The number of hydrogen-bond donors (Lipinski definition) is 0. The minimum absolute atomic E-state index is 0.0137. The first-order chi connectivity index (χ1) is 11.2. The van der Waals surface area contributed by atoms with Gasteiger partial charge in [-0.25, -0.2) is 5.01 Å². The average Bonchev–Trinajstić information content (AvgIpc) is 3.00. The van der Waals surface area contributed by atoms with Crippen LogP contribution in [-0.4, -0.2) is 25.7 Å². The lowest BCUT2D eigenvalue weighted by Crippen LogP contribution is -2.29. The van der Waals surface area contributed by atoms with Crippen LogP contribution in [0.1, 0.15) is 0 Å². The highest BCUT2D eigenvalue weighted by Gasteiger charge is 2.30. The highest BCUT2D eigenvalue weighted by molar-refractivity contribution is 6.30. The molecule has 0 amide bonds. The van der Waals surface area contributed by atoms with Gasteiger partial charge in [0.25, 0.3) is 6.23 Å². The van der Waals surface area contributed by atoms with Crippen molar-refractivity contribution in [3.05, 3.63) is 53.6 Å². The second kappa shape index (κ2) is 6.58. The van der Waals surface area contributed by atoms with Crippen LogP contribution in [0.3, 0.4) is 0 Å². The van der Waals surface area contributed by atoms with Crippen LogP contribution >= 0.6 is 11.6 Å². The minimum Gasteiger partial charge on any atom is -0.497 e. The van der Waals surface area contributed by atoms with Crippen molar-refractivity contribution >= 4 is 29.7 Å². The highest BCUT2D eigenvalue weighted by Crippen LogP contribution is 2.25. The molecule has 6 nitrogen and oxygen atoms in total. The largest absolute Gasteiger partial charge is 0.497 e. The van der Waals surface area contributed by atoms with Gasteiger partial charge in [-0.05, 0) is 48.5 Å². The molecule has 0 radical (unpaired) electrons. The second-order valence-electron chi connectivity index (χ2n) is 4.61. The number of halogens is 1. The number of hydrogen-bond acceptors (Lipinski definition) is 6. The van der Waals surface area contributed by atoms with E-state index in [-0.39, 0.29) is 6.08 Å². The molecule has 1 aliphatic heterocycles. The first-order valence-electron chi connectivity index (χ1n) is 6.77. The third-order valence-electron chi connectivity index (χ3n) is 3.12. The van der Waals surface area contributed by atoms with E-state index in [2.05, 4.69) is 5.10 Å². The normalized spacial score (nSPS) is 16.5. The summed E-state index contributed by atoms with van der Waals surface area (Å²) >= 11 is 5.82. The Morgan fingerprint density at radius 1 is 1.13 bits per heavy atom. The van der Waals surface area contributed by atoms with E-state index in [1.165, 1.54) is 5.01 Å². The standard InChI is InChI=1S/C16H13ClN2O4/c1-21-13-8-4-12(5-9-13)19-15(10-20)23-16(18-19)22-14-6-2-11(17)3-7-14/h2-10,15H,1H3. The van der Waals surface area contributed by atoms with Gasteiger partial charge in [-0.1, -0.05) is 16.7 Å². The SMILES string of the molecule is COc1ccc(N2N=C(Oc3ccc(Cl)cc3)OC2C=O)cc1. The maximum absolute atomic E-state index is 11.2. The van der Waals surface area contributed by atoms with Gasteiger partial charge in [0, 0.05) is 5.02 Å². The number of carbonyl (C=O) groups is 1. The van der Waals surface area contributed by atoms with Crippen LogP contribution in [0.25, 0.3) is 0 Å². The van der Waals surface area contributed by atoms with E-state index in [9.17, 15) is 4.79 Å². The summed E-state index contributed by atoms with van der Waals surface area (Å²) < 4.78 is 16.0. The van der Waals surface area contributed by atoms with Crippen LogP contribution in [0.2, 0.25) is 5.02 Å². The van der Waals surface area contributed by atoms with E-state index < -0.39 is 6.23 Å². The molecule has 1 atom stereocenters. The fourth-order valence-corrected chi connectivity index (χ4v) is 2.12. The average molecular weight is 333 g/mol. The van der Waals surface area contributed by atoms with E-state index in [0.29, 0.717) is 28.5 Å². The van der Waals surface area contributed by atoms with Crippen LogP contribution in [-0.2, 0) is 9.53 Å². The van der Waals surface area contributed by atoms with Gasteiger partial charge >= 0.3 is 6.08 Å². The minimum atomic E-state index is -0.884. The Morgan fingerprint density at radius 3 is 2.39 bits per heavy atom. The van der Waals surface area contributed by atoms with E-state index in [0.717, 1.165) is 0 Å². The zero-order valence-electron chi connectivity index (χ0n) is 12.2. The molecule has 0 aliphatic carbocycles. The Labute approximate surface area is 137 Å². The van der Waals surface area contributed by atoms with E-state index in [1.807, 2.05) is 0 Å². The van der Waals surface area contributed by atoms with Gasteiger partial charge in [-0.3, -0.25) is 4.79 Å². The summed E-state index contributed by atoms with van der Waals surface area (Å²) in [6.07, 6.45) is -0.252. The summed E-state index contributed by atoms with van der Waals surface area (Å²) in [6.45, 7) is 0. The van der Waals surface area contributed by atoms with Crippen LogP contribution < -0.4 is 14.5 Å². The Bertz CT molecular complexity index is 716. The fourth-order valence-electron chi connectivity index (χ4n) is 1.99. The number of anilines is 1. The monoisotopic (exact) mass is 332 g/mol. The number of hydrazone groups is 1. The van der Waals surface area contributed by atoms with E-state index in [1.54, 1.807) is 55.6 Å². The molecule has 7 heteroatoms. The van der Waals surface area contributed by atoms with Gasteiger partial charge in [0.1, 0.15) is 11.5 Å². The molecule has 0 aromatic heterocycles. The molecular formula is C16H13ClN2O4. The third-order valence-corrected chi connectivity index (χ3v) is 3.38. The molecule has 0 spiro atoms. The number of aldehydes is 1. The Kier molecular flexibility index (Phi) is 4.34. The van der Waals surface area contributed by atoms with Crippen molar-refractivity contribution < 1.29 is 19.0 Å². The van der Waals surface area contributed by atoms with Gasteiger partial charge in [-0.2, -0.15) is 0 Å². The molecule has 3 rings (SSSR count). The van der Waals surface area contributed by atoms with Crippen molar-refractivity contribution in [3.63, 3.8) is 0 Å². The van der Waals surface area contributed by atoms with Crippen molar-refractivity contribution in [2.75, 3.05) is 12.1 Å². The summed E-state index contributed by atoms with van der Waals surface area (Å²) in [7, 11) is 1.58. The second-order valence-corrected chi connectivity index (χ2v) is 5.05. The molecule has 0 fully saturated rings. The number of methoxy groups -OCH3 is 1. The third kappa shape index (κ3) is 3.37. The lowest BCUT2D eigenvalue weighted by Gasteiger charge is -2.16. The fraction of sp³-hybridized carbons (Fsp3) is 0.125. The number of benzene rings is 2. The zero-order chi connectivity index (χ0) is 16.2. The van der Waals surface area contributed by atoms with Gasteiger partial charge in [0.2, 0.25) is 0 Å². The highest BCUT2D eigenvalue weighted by atomic mass is 35.5. The number of carbonyl (C=O) groups excluding carboxylic acids is 1. The number of nitrogens with zero attached hydrogens (tertiary/aromatic N) is 2. The van der Waals surface area contributed by atoms with Gasteiger partial charge < -0.3 is 14.2 Å². The number of ether oxygens (including phenoxy) is 3. The lowest BCUT2D eigenvalue weighted by atomic mass is 10.3.